The van der Waals surface area contributed by atoms with Crippen LogP contribution in [0.1, 0.15) is 25.8 Å². The number of hydrogen-bond donors (Lipinski definition) is 2. The third-order valence-corrected chi connectivity index (χ3v) is 3.34. The van der Waals surface area contributed by atoms with Crippen LogP contribution in [-0.4, -0.2) is 56.5 Å². The highest BCUT2D eigenvalue weighted by atomic mass is 16.3. The first-order chi connectivity index (χ1) is 9.69. The van der Waals surface area contributed by atoms with Crippen molar-refractivity contribution >= 4 is 17.0 Å². The SMILES string of the molecule is C[C@H](CO)n1cnc2c(N(C)CCCCO)ncnc21. The van der Waals surface area contributed by atoms with Crippen LogP contribution in [0.2, 0.25) is 0 Å². The van der Waals surface area contributed by atoms with Crippen LogP contribution in [0.3, 0.4) is 0 Å². The molecule has 2 aromatic rings. The molecule has 0 saturated heterocycles. The van der Waals surface area contributed by atoms with Gasteiger partial charge in [-0.25, -0.2) is 15.0 Å². The van der Waals surface area contributed by atoms with Gasteiger partial charge in [0.1, 0.15) is 6.33 Å². The van der Waals surface area contributed by atoms with Crippen LogP contribution in [0.15, 0.2) is 12.7 Å². The summed E-state index contributed by atoms with van der Waals surface area (Å²) in [6.07, 6.45) is 4.87. The average molecular weight is 279 g/mol. The Morgan fingerprint density at radius 1 is 1.25 bits per heavy atom. The summed E-state index contributed by atoms with van der Waals surface area (Å²) in [6, 6.07) is -0.0672. The first kappa shape index (κ1) is 14.7. The Hall–Kier alpha value is -1.73. The summed E-state index contributed by atoms with van der Waals surface area (Å²) < 4.78 is 1.85. The molecule has 20 heavy (non-hydrogen) atoms. The first-order valence-electron chi connectivity index (χ1n) is 6.79. The van der Waals surface area contributed by atoms with E-state index < -0.39 is 0 Å². The van der Waals surface area contributed by atoms with E-state index in [0.717, 1.165) is 36.4 Å². The zero-order chi connectivity index (χ0) is 14.5. The lowest BCUT2D eigenvalue weighted by molar-refractivity contribution is 0.241. The van der Waals surface area contributed by atoms with Crippen molar-refractivity contribution in [3.63, 3.8) is 0 Å². The first-order valence-corrected chi connectivity index (χ1v) is 6.79. The molecule has 0 bridgehead atoms. The lowest BCUT2D eigenvalue weighted by atomic mass is 10.3. The number of nitrogens with zero attached hydrogens (tertiary/aromatic N) is 5. The van der Waals surface area contributed by atoms with E-state index in [1.807, 2.05) is 23.4 Å². The average Bonchev–Trinajstić information content (AvgIpc) is 2.90. The van der Waals surface area contributed by atoms with E-state index in [1.165, 1.54) is 6.33 Å². The van der Waals surface area contributed by atoms with Gasteiger partial charge in [0, 0.05) is 20.2 Å². The predicted octanol–water partition coefficient (Wildman–Crippen LogP) is 0.588. The summed E-state index contributed by atoms with van der Waals surface area (Å²) in [6.45, 7) is 2.95. The Morgan fingerprint density at radius 2 is 2.05 bits per heavy atom. The van der Waals surface area contributed by atoms with Crippen molar-refractivity contribution in [1.29, 1.82) is 0 Å². The minimum atomic E-state index is -0.0672. The molecule has 1 atom stereocenters. The second-order valence-corrected chi connectivity index (χ2v) is 4.91. The molecule has 0 unspecified atom stereocenters. The van der Waals surface area contributed by atoms with Crippen LogP contribution in [0, 0.1) is 0 Å². The summed E-state index contributed by atoms with van der Waals surface area (Å²) >= 11 is 0. The number of rotatable bonds is 7. The highest BCUT2D eigenvalue weighted by Gasteiger charge is 2.15. The van der Waals surface area contributed by atoms with Gasteiger partial charge in [-0.2, -0.15) is 0 Å². The van der Waals surface area contributed by atoms with Crippen molar-refractivity contribution < 1.29 is 10.2 Å². The molecule has 0 fully saturated rings. The second kappa shape index (κ2) is 6.62. The Bertz CT molecular complexity index is 557. The highest BCUT2D eigenvalue weighted by Crippen LogP contribution is 2.22. The van der Waals surface area contributed by atoms with E-state index in [0.29, 0.717) is 0 Å². The molecule has 0 radical (unpaired) electrons. The molecule has 0 aliphatic rings. The van der Waals surface area contributed by atoms with Crippen molar-refractivity contribution in [3.8, 4) is 0 Å². The van der Waals surface area contributed by atoms with Gasteiger partial charge in [-0.3, -0.25) is 0 Å². The third-order valence-electron chi connectivity index (χ3n) is 3.34. The van der Waals surface area contributed by atoms with Crippen molar-refractivity contribution in [1.82, 2.24) is 19.5 Å². The predicted molar refractivity (Wildman–Crippen MR) is 76.7 cm³/mol. The molecular weight excluding hydrogens is 258 g/mol. The third kappa shape index (κ3) is 2.88. The van der Waals surface area contributed by atoms with Crippen LogP contribution in [-0.2, 0) is 0 Å². The Kier molecular flexibility index (Phi) is 4.86. The van der Waals surface area contributed by atoms with E-state index in [4.69, 9.17) is 5.11 Å². The standard InChI is InChI=1S/C13H21N5O2/c1-10(7-20)18-9-16-11-12(14-8-15-13(11)18)17(2)5-3-4-6-19/h8-10,19-20H,3-7H2,1-2H3/t10-/m1/s1. The maximum absolute atomic E-state index is 9.26. The summed E-state index contributed by atoms with van der Waals surface area (Å²) in [5, 5.41) is 18.1. The van der Waals surface area contributed by atoms with Crippen LogP contribution in [0.25, 0.3) is 11.2 Å². The van der Waals surface area contributed by atoms with Crippen molar-refractivity contribution in [2.75, 3.05) is 31.7 Å². The monoisotopic (exact) mass is 279 g/mol. The lowest BCUT2D eigenvalue weighted by Gasteiger charge is -2.18. The quantitative estimate of drug-likeness (QED) is 0.721. The molecule has 0 aromatic carbocycles. The largest absolute Gasteiger partial charge is 0.396 e. The number of unbranched alkanes of at least 4 members (excludes halogenated alkanes) is 1. The zero-order valence-corrected chi connectivity index (χ0v) is 11.9. The molecule has 2 rings (SSSR count). The Labute approximate surface area is 117 Å². The normalized spacial score (nSPS) is 12.8. The van der Waals surface area contributed by atoms with Gasteiger partial charge in [-0.05, 0) is 19.8 Å². The summed E-state index contributed by atoms with van der Waals surface area (Å²) in [5.74, 6) is 0.775. The molecule has 110 valence electrons. The Morgan fingerprint density at radius 3 is 2.75 bits per heavy atom. The molecule has 2 aromatic heterocycles. The van der Waals surface area contributed by atoms with Gasteiger partial charge in [0.25, 0.3) is 0 Å². The molecule has 0 aliphatic carbocycles. The second-order valence-electron chi connectivity index (χ2n) is 4.91. The van der Waals surface area contributed by atoms with Crippen LogP contribution in [0.5, 0.6) is 0 Å². The van der Waals surface area contributed by atoms with Gasteiger partial charge in [0.05, 0.1) is 19.0 Å². The summed E-state index contributed by atoms with van der Waals surface area (Å²) in [7, 11) is 1.95. The Balaban J connectivity index is 2.28. The molecule has 0 amide bonds. The molecule has 0 saturated carbocycles. The fourth-order valence-electron chi connectivity index (χ4n) is 2.10. The van der Waals surface area contributed by atoms with Crippen LogP contribution >= 0.6 is 0 Å². The van der Waals surface area contributed by atoms with Gasteiger partial charge >= 0.3 is 0 Å². The molecule has 2 N–H and O–H groups in total. The summed E-state index contributed by atoms with van der Waals surface area (Å²) in [5.41, 5.74) is 1.46. The number of anilines is 1. The smallest absolute Gasteiger partial charge is 0.165 e. The molecule has 7 heteroatoms. The molecule has 0 aliphatic heterocycles. The number of aliphatic hydroxyl groups is 2. The number of hydrogen-bond acceptors (Lipinski definition) is 6. The summed E-state index contributed by atoms with van der Waals surface area (Å²) in [4.78, 5) is 14.9. The van der Waals surface area contributed by atoms with Crippen molar-refractivity contribution in [2.24, 2.45) is 0 Å². The van der Waals surface area contributed by atoms with Gasteiger partial charge in [0.2, 0.25) is 0 Å². The van der Waals surface area contributed by atoms with E-state index >= 15 is 0 Å². The number of fused-ring (bicyclic) bond motifs is 1. The van der Waals surface area contributed by atoms with Gasteiger partial charge in [-0.1, -0.05) is 0 Å². The fraction of sp³-hybridized carbons (Fsp3) is 0.615. The van der Waals surface area contributed by atoms with Crippen molar-refractivity contribution in [3.05, 3.63) is 12.7 Å². The number of aromatic nitrogens is 4. The van der Waals surface area contributed by atoms with E-state index in [2.05, 4.69) is 15.0 Å². The lowest BCUT2D eigenvalue weighted by Crippen LogP contribution is -2.20. The maximum Gasteiger partial charge on any atom is 0.165 e. The minimum Gasteiger partial charge on any atom is -0.396 e. The van der Waals surface area contributed by atoms with Gasteiger partial charge in [-0.15, -0.1) is 0 Å². The number of aliphatic hydroxyl groups excluding tert-OH is 2. The zero-order valence-electron chi connectivity index (χ0n) is 11.9. The molecular formula is C13H21N5O2. The fourth-order valence-corrected chi connectivity index (χ4v) is 2.10. The van der Waals surface area contributed by atoms with Gasteiger partial charge < -0.3 is 19.7 Å². The molecule has 0 spiro atoms. The molecule has 2 heterocycles. The minimum absolute atomic E-state index is 0.0388. The number of imidazole rings is 1. The van der Waals surface area contributed by atoms with Crippen molar-refractivity contribution in [2.45, 2.75) is 25.8 Å². The topological polar surface area (TPSA) is 87.3 Å². The van der Waals surface area contributed by atoms with Crippen LogP contribution in [0.4, 0.5) is 5.82 Å². The maximum atomic E-state index is 9.26. The van der Waals surface area contributed by atoms with E-state index in [9.17, 15) is 5.11 Å². The van der Waals surface area contributed by atoms with Crippen LogP contribution < -0.4 is 4.90 Å². The molecule has 7 nitrogen and oxygen atoms in total. The van der Waals surface area contributed by atoms with E-state index in [-0.39, 0.29) is 19.3 Å². The van der Waals surface area contributed by atoms with Gasteiger partial charge in [0.15, 0.2) is 17.0 Å². The highest BCUT2D eigenvalue weighted by molar-refractivity contribution is 5.83. The van der Waals surface area contributed by atoms with E-state index in [1.54, 1.807) is 6.33 Å².